The number of hydrogen-bond acceptors (Lipinski definition) is 5. The lowest BCUT2D eigenvalue weighted by Crippen LogP contribution is -2.52. The number of amides is 2. The number of methoxy groups -OCH3 is 1. The molecule has 2 unspecified atom stereocenters. The normalized spacial score (nSPS) is 13.0. The summed E-state index contributed by atoms with van der Waals surface area (Å²) in [6, 6.07) is 12.8. The first-order valence-corrected chi connectivity index (χ1v) is 13.2. The largest absolute Gasteiger partial charge is 0.495 e. The maximum Gasteiger partial charge on any atom is 0.244 e. The van der Waals surface area contributed by atoms with E-state index in [0.29, 0.717) is 5.75 Å². The zero-order chi connectivity index (χ0) is 25.5. The van der Waals surface area contributed by atoms with Crippen LogP contribution in [0.25, 0.3) is 0 Å². The average Bonchev–Trinajstić information content (AvgIpc) is 2.80. The van der Waals surface area contributed by atoms with E-state index >= 15 is 0 Å². The van der Waals surface area contributed by atoms with E-state index in [1.165, 1.54) is 30.2 Å². The van der Waals surface area contributed by atoms with Gasteiger partial charge >= 0.3 is 0 Å². The number of ether oxygens (including phenoxy) is 1. The number of rotatable bonds is 11. The van der Waals surface area contributed by atoms with Crippen LogP contribution < -0.4 is 14.4 Å². The molecular formula is C24H32ClN3O5S. The fourth-order valence-electron chi connectivity index (χ4n) is 3.25. The van der Waals surface area contributed by atoms with Gasteiger partial charge in [0.05, 0.1) is 24.1 Å². The van der Waals surface area contributed by atoms with Gasteiger partial charge in [0.1, 0.15) is 18.3 Å². The zero-order valence-corrected chi connectivity index (χ0v) is 21.7. The summed E-state index contributed by atoms with van der Waals surface area (Å²) in [4.78, 5) is 27.7. The molecule has 0 heterocycles. The van der Waals surface area contributed by atoms with Crippen molar-refractivity contribution in [1.82, 2.24) is 10.2 Å². The smallest absolute Gasteiger partial charge is 0.244 e. The third kappa shape index (κ3) is 7.36. The van der Waals surface area contributed by atoms with Crippen LogP contribution in [0.2, 0.25) is 5.02 Å². The van der Waals surface area contributed by atoms with Gasteiger partial charge in [0.2, 0.25) is 21.8 Å². The Morgan fingerprint density at radius 3 is 2.29 bits per heavy atom. The molecule has 0 radical (unpaired) electrons. The van der Waals surface area contributed by atoms with E-state index in [-0.39, 0.29) is 29.2 Å². The molecule has 0 aromatic heterocycles. The molecular weight excluding hydrogens is 478 g/mol. The molecule has 0 aliphatic carbocycles. The second-order valence-electron chi connectivity index (χ2n) is 8.09. The topological polar surface area (TPSA) is 96.0 Å². The molecule has 2 rings (SSSR count). The maximum atomic E-state index is 13.5. The lowest BCUT2D eigenvalue weighted by atomic mass is 10.1. The van der Waals surface area contributed by atoms with E-state index in [0.717, 1.165) is 22.5 Å². The van der Waals surface area contributed by atoms with Crippen LogP contribution in [-0.2, 0) is 26.2 Å². The Morgan fingerprint density at radius 1 is 1.12 bits per heavy atom. The number of anilines is 1. The molecule has 0 aliphatic rings. The predicted octanol–water partition coefficient (Wildman–Crippen LogP) is 3.45. The van der Waals surface area contributed by atoms with Gasteiger partial charge in [-0.25, -0.2) is 8.42 Å². The van der Waals surface area contributed by atoms with E-state index in [9.17, 15) is 18.0 Å². The third-order valence-electron chi connectivity index (χ3n) is 5.47. The van der Waals surface area contributed by atoms with Gasteiger partial charge < -0.3 is 15.0 Å². The first kappa shape index (κ1) is 27.5. The second-order valence-corrected chi connectivity index (χ2v) is 10.4. The minimum Gasteiger partial charge on any atom is -0.495 e. The molecule has 0 saturated carbocycles. The summed E-state index contributed by atoms with van der Waals surface area (Å²) in [7, 11) is -2.39. The molecule has 186 valence electrons. The first-order valence-electron chi connectivity index (χ1n) is 10.9. The van der Waals surface area contributed by atoms with Gasteiger partial charge in [-0.3, -0.25) is 13.9 Å². The maximum absolute atomic E-state index is 13.5. The number of sulfonamides is 1. The quantitative estimate of drug-likeness (QED) is 0.500. The van der Waals surface area contributed by atoms with Gasteiger partial charge in [-0.05, 0) is 44.0 Å². The minimum absolute atomic E-state index is 0.0578. The van der Waals surface area contributed by atoms with Crippen molar-refractivity contribution in [2.75, 3.05) is 24.2 Å². The summed E-state index contributed by atoms with van der Waals surface area (Å²) >= 11 is 6.19. The van der Waals surface area contributed by atoms with Crippen LogP contribution >= 0.6 is 11.6 Å². The highest BCUT2D eigenvalue weighted by Crippen LogP contribution is 2.30. The Bertz CT molecular complexity index is 1100. The Balaban J connectivity index is 2.38. The lowest BCUT2D eigenvalue weighted by Gasteiger charge is -2.32. The van der Waals surface area contributed by atoms with Gasteiger partial charge in [-0.15, -0.1) is 0 Å². The van der Waals surface area contributed by atoms with Crippen molar-refractivity contribution in [3.63, 3.8) is 0 Å². The Morgan fingerprint density at radius 2 is 1.76 bits per heavy atom. The summed E-state index contributed by atoms with van der Waals surface area (Å²) in [5.41, 5.74) is 1.04. The van der Waals surface area contributed by atoms with Crippen LogP contribution in [0.5, 0.6) is 5.75 Å². The van der Waals surface area contributed by atoms with Crippen LogP contribution in [0.15, 0.2) is 48.5 Å². The number of nitrogens with one attached hydrogen (secondary N) is 1. The third-order valence-corrected chi connectivity index (χ3v) is 6.90. The molecule has 0 fully saturated rings. The van der Waals surface area contributed by atoms with Crippen LogP contribution in [0, 0.1) is 0 Å². The summed E-state index contributed by atoms with van der Waals surface area (Å²) < 4.78 is 31.3. The Labute approximate surface area is 206 Å². The van der Waals surface area contributed by atoms with Crippen molar-refractivity contribution in [1.29, 1.82) is 0 Å². The van der Waals surface area contributed by atoms with Crippen molar-refractivity contribution < 1.29 is 22.7 Å². The molecule has 1 N–H and O–H groups in total. The van der Waals surface area contributed by atoms with E-state index < -0.39 is 28.5 Å². The van der Waals surface area contributed by atoms with E-state index in [4.69, 9.17) is 16.3 Å². The standard InChI is InChI=1S/C24H32ClN3O5S/c1-6-17(2)26-24(30)18(3)27(15-19-10-8-7-9-11-19)23(29)16-28(34(5,31)32)20-12-13-22(33-4)21(25)14-20/h7-14,17-18H,6,15-16H2,1-5H3,(H,26,30). The Hall–Kier alpha value is -2.78. The monoisotopic (exact) mass is 509 g/mol. The highest BCUT2D eigenvalue weighted by molar-refractivity contribution is 7.92. The number of halogens is 1. The molecule has 2 atom stereocenters. The molecule has 0 aliphatic heterocycles. The van der Waals surface area contributed by atoms with Crippen molar-refractivity contribution in [3.05, 3.63) is 59.1 Å². The summed E-state index contributed by atoms with van der Waals surface area (Å²) in [5, 5.41) is 3.10. The highest BCUT2D eigenvalue weighted by Gasteiger charge is 2.30. The van der Waals surface area contributed by atoms with Crippen molar-refractivity contribution >= 4 is 39.1 Å². The van der Waals surface area contributed by atoms with E-state index in [2.05, 4.69) is 5.32 Å². The van der Waals surface area contributed by atoms with Crippen molar-refractivity contribution in [3.8, 4) is 5.75 Å². The highest BCUT2D eigenvalue weighted by atomic mass is 35.5. The molecule has 2 aromatic carbocycles. The fourth-order valence-corrected chi connectivity index (χ4v) is 4.35. The summed E-state index contributed by atoms with van der Waals surface area (Å²) in [5.74, 6) is -0.448. The van der Waals surface area contributed by atoms with Crippen LogP contribution in [0.3, 0.4) is 0 Å². The van der Waals surface area contributed by atoms with Crippen LogP contribution in [-0.4, -0.2) is 57.1 Å². The van der Waals surface area contributed by atoms with Crippen LogP contribution in [0.1, 0.15) is 32.8 Å². The number of carbonyl (C=O) groups excluding carboxylic acids is 2. The Kier molecular flexibility index (Phi) is 9.76. The molecule has 0 spiro atoms. The predicted molar refractivity (Wildman–Crippen MR) is 135 cm³/mol. The summed E-state index contributed by atoms with van der Waals surface area (Å²) in [6.07, 6.45) is 1.75. The zero-order valence-electron chi connectivity index (χ0n) is 20.1. The van der Waals surface area contributed by atoms with E-state index in [1.54, 1.807) is 6.92 Å². The second kappa shape index (κ2) is 12.1. The van der Waals surface area contributed by atoms with Gasteiger partial charge in [-0.2, -0.15) is 0 Å². The van der Waals surface area contributed by atoms with Crippen molar-refractivity contribution in [2.24, 2.45) is 0 Å². The van der Waals surface area contributed by atoms with E-state index in [1.807, 2.05) is 44.2 Å². The molecule has 0 bridgehead atoms. The number of carbonyl (C=O) groups is 2. The SMILES string of the molecule is CCC(C)NC(=O)C(C)N(Cc1ccccc1)C(=O)CN(c1ccc(OC)c(Cl)c1)S(C)(=O)=O. The molecule has 10 heteroatoms. The fraction of sp³-hybridized carbons (Fsp3) is 0.417. The summed E-state index contributed by atoms with van der Waals surface area (Å²) in [6.45, 7) is 5.12. The van der Waals surface area contributed by atoms with Gasteiger partial charge in [0.15, 0.2) is 0 Å². The van der Waals surface area contributed by atoms with Gasteiger partial charge in [0, 0.05) is 12.6 Å². The average molecular weight is 510 g/mol. The van der Waals surface area contributed by atoms with Crippen molar-refractivity contribution in [2.45, 2.75) is 45.8 Å². The van der Waals surface area contributed by atoms with Gasteiger partial charge in [-0.1, -0.05) is 48.9 Å². The van der Waals surface area contributed by atoms with Crippen LogP contribution in [0.4, 0.5) is 5.69 Å². The number of benzene rings is 2. The molecule has 2 amide bonds. The molecule has 34 heavy (non-hydrogen) atoms. The lowest BCUT2D eigenvalue weighted by molar-refractivity contribution is -0.139. The minimum atomic E-state index is -3.84. The molecule has 8 nitrogen and oxygen atoms in total. The molecule has 0 saturated heterocycles. The number of hydrogen-bond donors (Lipinski definition) is 1. The first-order chi connectivity index (χ1) is 16.0. The van der Waals surface area contributed by atoms with Gasteiger partial charge in [0.25, 0.3) is 0 Å². The number of nitrogens with zero attached hydrogens (tertiary/aromatic N) is 2. The molecule has 2 aromatic rings.